The van der Waals surface area contributed by atoms with Crippen LogP contribution in [0, 0.1) is 5.92 Å². The maximum absolute atomic E-state index is 9.64. The Bertz CT molecular complexity index is 478. The number of phenols is 1. The third-order valence-corrected chi connectivity index (χ3v) is 2.13. The van der Waals surface area contributed by atoms with Gasteiger partial charge in [-0.15, -0.1) is 10.2 Å². The van der Waals surface area contributed by atoms with Crippen LogP contribution < -0.4 is 0 Å². The van der Waals surface area contributed by atoms with Crippen molar-refractivity contribution in [1.82, 2.24) is 20.2 Å². The molecule has 0 saturated heterocycles. The second-order valence-corrected chi connectivity index (χ2v) is 4.08. The van der Waals surface area contributed by atoms with E-state index in [1.807, 2.05) is 6.07 Å². The highest BCUT2D eigenvalue weighted by Crippen LogP contribution is 2.24. The summed E-state index contributed by atoms with van der Waals surface area (Å²) in [5.41, 5.74) is 0.609. The van der Waals surface area contributed by atoms with E-state index in [1.165, 1.54) is 0 Å². The van der Waals surface area contributed by atoms with Crippen molar-refractivity contribution in [2.45, 2.75) is 20.4 Å². The topological polar surface area (TPSA) is 63.8 Å². The summed E-state index contributed by atoms with van der Waals surface area (Å²) in [4.78, 5) is 1.55. The van der Waals surface area contributed by atoms with Crippen LogP contribution in [0.3, 0.4) is 0 Å². The molecule has 2 aromatic rings. The van der Waals surface area contributed by atoms with Crippen molar-refractivity contribution in [1.29, 1.82) is 0 Å². The van der Waals surface area contributed by atoms with Crippen molar-refractivity contribution in [2.75, 3.05) is 0 Å². The van der Waals surface area contributed by atoms with Gasteiger partial charge in [0.25, 0.3) is 0 Å². The molecule has 16 heavy (non-hydrogen) atoms. The van der Waals surface area contributed by atoms with E-state index in [1.54, 1.807) is 23.0 Å². The Morgan fingerprint density at radius 3 is 2.75 bits per heavy atom. The number of hydrogen-bond donors (Lipinski definition) is 1. The standard InChI is InChI=1S/C11H14N4O/c1-8(2)7-15-13-11(12-14-15)9-5-3-4-6-10(9)16/h3-6,8,16H,7H2,1-2H3. The molecule has 0 unspecified atom stereocenters. The first-order chi connectivity index (χ1) is 7.66. The third-order valence-electron chi connectivity index (χ3n) is 2.13. The summed E-state index contributed by atoms with van der Waals surface area (Å²) in [6.45, 7) is 4.90. The smallest absolute Gasteiger partial charge is 0.208 e. The van der Waals surface area contributed by atoms with Gasteiger partial charge in [-0.05, 0) is 23.3 Å². The van der Waals surface area contributed by atoms with Gasteiger partial charge in [-0.3, -0.25) is 0 Å². The number of aromatic nitrogens is 4. The van der Waals surface area contributed by atoms with E-state index in [4.69, 9.17) is 0 Å². The molecular formula is C11H14N4O. The summed E-state index contributed by atoms with van der Waals surface area (Å²) >= 11 is 0. The lowest BCUT2D eigenvalue weighted by Crippen LogP contribution is -2.07. The molecule has 84 valence electrons. The molecule has 1 N–H and O–H groups in total. The van der Waals surface area contributed by atoms with Gasteiger partial charge in [0.15, 0.2) is 0 Å². The van der Waals surface area contributed by atoms with Gasteiger partial charge in [-0.25, -0.2) is 0 Å². The van der Waals surface area contributed by atoms with E-state index in [0.29, 0.717) is 17.3 Å². The molecule has 0 aliphatic rings. The summed E-state index contributed by atoms with van der Waals surface area (Å²) in [6.07, 6.45) is 0. The SMILES string of the molecule is CC(C)Cn1nnc(-c2ccccc2O)n1. The highest BCUT2D eigenvalue weighted by atomic mass is 16.3. The number of tetrazole rings is 1. The minimum absolute atomic E-state index is 0.173. The van der Waals surface area contributed by atoms with Gasteiger partial charge in [-0.2, -0.15) is 4.80 Å². The summed E-state index contributed by atoms with van der Waals surface area (Å²) in [5, 5.41) is 21.7. The second kappa shape index (κ2) is 4.30. The first-order valence-corrected chi connectivity index (χ1v) is 5.23. The Kier molecular flexibility index (Phi) is 2.85. The van der Waals surface area contributed by atoms with Crippen LogP contribution in [0.1, 0.15) is 13.8 Å². The lowest BCUT2D eigenvalue weighted by Gasteiger charge is -2.01. The van der Waals surface area contributed by atoms with Crippen LogP contribution in [0.4, 0.5) is 0 Å². The molecule has 1 heterocycles. The molecular weight excluding hydrogens is 204 g/mol. The summed E-state index contributed by atoms with van der Waals surface area (Å²) in [7, 11) is 0. The maximum atomic E-state index is 9.64. The van der Waals surface area contributed by atoms with Gasteiger partial charge >= 0.3 is 0 Å². The largest absolute Gasteiger partial charge is 0.507 e. The number of para-hydroxylation sites is 1. The number of aromatic hydroxyl groups is 1. The fraction of sp³-hybridized carbons (Fsp3) is 0.364. The van der Waals surface area contributed by atoms with E-state index in [0.717, 1.165) is 6.54 Å². The molecule has 5 nitrogen and oxygen atoms in total. The monoisotopic (exact) mass is 218 g/mol. The highest BCUT2D eigenvalue weighted by molar-refractivity contribution is 5.62. The molecule has 0 radical (unpaired) electrons. The number of rotatable bonds is 3. The fourth-order valence-electron chi connectivity index (χ4n) is 1.42. The predicted octanol–water partition coefficient (Wildman–Crippen LogP) is 1.70. The van der Waals surface area contributed by atoms with E-state index < -0.39 is 0 Å². The molecule has 0 bridgehead atoms. The van der Waals surface area contributed by atoms with Crippen LogP contribution >= 0.6 is 0 Å². The maximum Gasteiger partial charge on any atom is 0.208 e. The lowest BCUT2D eigenvalue weighted by atomic mass is 10.2. The van der Waals surface area contributed by atoms with E-state index >= 15 is 0 Å². The van der Waals surface area contributed by atoms with Crippen LogP contribution in [0.5, 0.6) is 5.75 Å². The molecule has 0 aliphatic carbocycles. The van der Waals surface area contributed by atoms with Crippen molar-refractivity contribution < 1.29 is 5.11 Å². The zero-order valence-corrected chi connectivity index (χ0v) is 9.33. The van der Waals surface area contributed by atoms with Gasteiger partial charge in [0, 0.05) is 0 Å². The van der Waals surface area contributed by atoms with Crippen molar-refractivity contribution in [3.8, 4) is 17.1 Å². The molecule has 1 aromatic heterocycles. The van der Waals surface area contributed by atoms with Gasteiger partial charge in [0.2, 0.25) is 5.82 Å². The van der Waals surface area contributed by atoms with Crippen LogP contribution in [-0.2, 0) is 6.54 Å². The van der Waals surface area contributed by atoms with Gasteiger partial charge < -0.3 is 5.11 Å². The van der Waals surface area contributed by atoms with Crippen LogP contribution in [-0.4, -0.2) is 25.3 Å². The molecule has 0 spiro atoms. The second-order valence-electron chi connectivity index (χ2n) is 4.08. The van der Waals surface area contributed by atoms with E-state index in [2.05, 4.69) is 29.3 Å². The average molecular weight is 218 g/mol. The molecule has 2 rings (SSSR count). The van der Waals surface area contributed by atoms with Gasteiger partial charge in [0.1, 0.15) is 5.75 Å². The Morgan fingerprint density at radius 2 is 2.06 bits per heavy atom. The minimum atomic E-state index is 0.173. The Hall–Kier alpha value is -1.91. The van der Waals surface area contributed by atoms with Crippen LogP contribution in [0.25, 0.3) is 11.4 Å². The van der Waals surface area contributed by atoms with Gasteiger partial charge in [0.05, 0.1) is 12.1 Å². The molecule has 0 aliphatic heterocycles. The summed E-state index contributed by atoms with van der Waals surface area (Å²) in [5.74, 6) is 1.09. The first-order valence-electron chi connectivity index (χ1n) is 5.23. The quantitative estimate of drug-likeness (QED) is 0.851. The van der Waals surface area contributed by atoms with E-state index in [9.17, 15) is 5.11 Å². The van der Waals surface area contributed by atoms with Crippen LogP contribution in [0.2, 0.25) is 0 Å². The molecule has 0 amide bonds. The number of benzene rings is 1. The number of nitrogens with zero attached hydrogens (tertiary/aromatic N) is 4. The Labute approximate surface area is 93.7 Å². The molecule has 1 aromatic carbocycles. The van der Waals surface area contributed by atoms with E-state index in [-0.39, 0.29) is 5.75 Å². The minimum Gasteiger partial charge on any atom is -0.507 e. The average Bonchev–Trinajstić information content (AvgIpc) is 2.66. The Balaban J connectivity index is 2.28. The molecule has 0 fully saturated rings. The van der Waals surface area contributed by atoms with Crippen molar-refractivity contribution in [2.24, 2.45) is 5.92 Å². The zero-order chi connectivity index (χ0) is 11.5. The number of phenolic OH excluding ortho intramolecular Hbond substituents is 1. The van der Waals surface area contributed by atoms with Gasteiger partial charge in [-0.1, -0.05) is 26.0 Å². The molecule has 0 atom stereocenters. The summed E-state index contributed by atoms with van der Waals surface area (Å²) < 4.78 is 0. The summed E-state index contributed by atoms with van der Waals surface area (Å²) in [6, 6.07) is 6.97. The Morgan fingerprint density at radius 1 is 1.31 bits per heavy atom. The predicted molar refractivity (Wildman–Crippen MR) is 59.8 cm³/mol. The third kappa shape index (κ3) is 2.18. The fourth-order valence-corrected chi connectivity index (χ4v) is 1.42. The van der Waals surface area contributed by atoms with Crippen molar-refractivity contribution in [3.05, 3.63) is 24.3 Å². The first kappa shape index (κ1) is 10.6. The zero-order valence-electron chi connectivity index (χ0n) is 9.33. The molecule has 5 heteroatoms. The van der Waals surface area contributed by atoms with Crippen molar-refractivity contribution in [3.63, 3.8) is 0 Å². The number of hydrogen-bond acceptors (Lipinski definition) is 4. The highest BCUT2D eigenvalue weighted by Gasteiger charge is 2.10. The normalized spacial score (nSPS) is 10.9. The van der Waals surface area contributed by atoms with Crippen molar-refractivity contribution >= 4 is 0 Å². The lowest BCUT2D eigenvalue weighted by molar-refractivity contribution is 0.429. The van der Waals surface area contributed by atoms with Crippen LogP contribution in [0.15, 0.2) is 24.3 Å². The molecule has 0 saturated carbocycles.